The quantitative estimate of drug-likeness (QED) is 0.910. The predicted molar refractivity (Wildman–Crippen MR) is 83.2 cm³/mol. The lowest BCUT2D eigenvalue weighted by Crippen LogP contribution is -2.32. The lowest BCUT2D eigenvalue weighted by atomic mass is 10.0. The number of anilines is 1. The smallest absolute Gasteiger partial charge is 0.271 e. The number of amides is 2. The molecule has 114 valence electrons. The van der Waals surface area contributed by atoms with Crippen molar-refractivity contribution in [3.63, 3.8) is 0 Å². The SMILES string of the molecule is CC(=O)Nc1nc(C(=O)NC2CCOc3ccccc32)cs1. The molecule has 0 bridgehead atoms. The molecule has 0 saturated carbocycles. The van der Waals surface area contributed by atoms with Crippen molar-refractivity contribution in [3.8, 4) is 5.75 Å². The molecule has 2 heterocycles. The van der Waals surface area contributed by atoms with Gasteiger partial charge < -0.3 is 15.4 Å². The molecule has 1 atom stereocenters. The number of thiazole rings is 1. The van der Waals surface area contributed by atoms with E-state index in [-0.39, 0.29) is 17.9 Å². The fourth-order valence-corrected chi connectivity index (χ4v) is 3.05. The summed E-state index contributed by atoms with van der Waals surface area (Å²) in [5, 5.41) is 7.59. The number of para-hydroxylation sites is 1. The maximum atomic E-state index is 12.3. The van der Waals surface area contributed by atoms with Gasteiger partial charge in [-0.2, -0.15) is 0 Å². The van der Waals surface area contributed by atoms with Gasteiger partial charge in [0.05, 0.1) is 12.6 Å². The monoisotopic (exact) mass is 317 g/mol. The molecule has 0 saturated heterocycles. The Morgan fingerprint density at radius 2 is 2.18 bits per heavy atom. The average Bonchev–Trinajstić information content (AvgIpc) is 2.95. The van der Waals surface area contributed by atoms with Gasteiger partial charge in [0.15, 0.2) is 5.13 Å². The third kappa shape index (κ3) is 3.09. The zero-order valence-electron chi connectivity index (χ0n) is 12.0. The van der Waals surface area contributed by atoms with Gasteiger partial charge in [-0.3, -0.25) is 9.59 Å². The molecule has 1 aliphatic rings. The van der Waals surface area contributed by atoms with Crippen LogP contribution < -0.4 is 15.4 Å². The normalized spacial score (nSPS) is 16.3. The lowest BCUT2D eigenvalue weighted by Gasteiger charge is -2.26. The highest BCUT2D eigenvalue weighted by Crippen LogP contribution is 2.31. The summed E-state index contributed by atoms with van der Waals surface area (Å²) in [6.45, 7) is 1.97. The van der Waals surface area contributed by atoms with E-state index >= 15 is 0 Å². The second-order valence-electron chi connectivity index (χ2n) is 4.92. The lowest BCUT2D eigenvalue weighted by molar-refractivity contribution is -0.114. The predicted octanol–water partition coefficient (Wildman–Crippen LogP) is 2.36. The summed E-state index contributed by atoms with van der Waals surface area (Å²) in [5.41, 5.74) is 1.28. The molecule has 3 rings (SSSR count). The van der Waals surface area contributed by atoms with Crippen molar-refractivity contribution in [2.75, 3.05) is 11.9 Å². The third-order valence-corrected chi connectivity index (χ3v) is 4.04. The minimum absolute atomic E-state index is 0.0941. The van der Waals surface area contributed by atoms with E-state index in [0.717, 1.165) is 11.3 Å². The Labute approximate surface area is 131 Å². The Balaban J connectivity index is 1.72. The molecule has 22 heavy (non-hydrogen) atoms. The number of fused-ring (bicyclic) bond motifs is 1. The summed E-state index contributed by atoms with van der Waals surface area (Å²) in [5.74, 6) is 0.338. The van der Waals surface area contributed by atoms with Crippen molar-refractivity contribution in [3.05, 3.63) is 40.9 Å². The summed E-state index contributed by atoms with van der Waals surface area (Å²) in [4.78, 5) is 27.4. The Morgan fingerprint density at radius 3 is 3.00 bits per heavy atom. The molecular weight excluding hydrogens is 302 g/mol. The van der Waals surface area contributed by atoms with E-state index in [1.54, 1.807) is 5.38 Å². The fourth-order valence-electron chi connectivity index (χ4n) is 2.31. The maximum absolute atomic E-state index is 12.3. The molecule has 2 aromatic rings. The molecule has 0 spiro atoms. The number of aromatic nitrogens is 1. The molecule has 0 radical (unpaired) electrons. The number of hydrogen-bond donors (Lipinski definition) is 2. The molecule has 6 nitrogen and oxygen atoms in total. The van der Waals surface area contributed by atoms with Crippen LogP contribution in [0.5, 0.6) is 5.75 Å². The Morgan fingerprint density at radius 1 is 1.36 bits per heavy atom. The molecule has 0 fully saturated rings. The summed E-state index contributed by atoms with van der Waals surface area (Å²) >= 11 is 1.23. The van der Waals surface area contributed by atoms with Crippen LogP contribution in [0, 0.1) is 0 Å². The summed E-state index contributed by atoms with van der Waals surface area (Å²) in [6.07, 6.45) is 0.714. The van der Waals surface area contributed by atoms with Gasteiger partial charge in [-0.15, -0.1) is 11.3 Å². The van der Waals surface area contributed by atoms with E-state index < -0.39 is 0 Å². The first-order valence-electron chi connectivity index (χ1n) is 6.89. The maximum Gasteiger partial charge on any atom is 0.271 e. The van der Waals surface area contributed by atoms with E-state index in [0.29, 0.717) is 23.9 Å². The Kier molecular flexibility index (Phi) is 4.06. The Hall–Kier alpha value is -2.41. The number of rotatable bonds is 3. The van der Waals surface area contributed by atoms with Crippen molar-refractivity contribution in [1.29, 1.82) is 0 Å². The summed E-state index contributed by atoms with van der Waals surface area (Å²) in [6, 6.07) is 7.57. The first kappa shape index (κ1) is 14.5. The summed E-state index contributed by atoms with van der Waals surface area (Å²) in [7, 11) is 0. The van der Waals surface area contributed by atoms with Gasteiger partial charge in [0.2, 0.25) is 5.91 Å². The number of carbonyl (C=O) groups is 2. The fraction of sp³-hybridized carbons (Fsp3) is 0.267. The van der Waals surface area contributed by atoms with E-state index in [2.05, 4.69) is 15.6 Å². The van der Waals surface area contributed by atoms with Crippen LogP contribution in [0.4, 0.5) is 5.13 Å². The van der Waals surface area contributed by atoms with Crippen LogP contribution in [-0.4, -0.2) is 23.4 Å². The van der Waals surface area contributed by atoms with Gasteiger partial charge in [0.25, 0.3) is 5.91 Å². The van der Waals surface area contributed by atoms with E-state index in [4.69, 9.17) is 4.74 Å². The Bertz CT molecular complexity index is 714. The molecule has 7 heteroatoms. The van der Waals surface area contributed by atoms with Crippen LogP contribution in [-0.2, 0) is 4.79 Å². The van der Waals surface area contributed by atoms with Crippen LogP contribution in [0.3, 0.4) is 0 Å². The van der Waals surface area contributed by atoms with Crippen LogP contribution >= 0.6 is 11.3 Å². The second-order valence-corrected chi connectivity index (χ2v) is 5.78. The third-order valence-electron chi connectivity index (χ3n) is 3.28. The topological polar surface area (TPSA) is 80.3 Å². The average molecular weight is 317 g/mol. The van der Waals surface area contributed by atoms with Crippen molar-refractivity contribution >= 4 is 28.3 Å². The molecule has 0 aliphatic carbocycles. The number of nitrogens with zero attached hydrogens (tertiary/aromatic N) is 1. The molecule has 2 amide bonds. The first-order valence-corrected chi connectivity index (χ1v) is 7.77. The van der Waals surface area contributed by atoms with E-state index in [1.807, 2.05) is 24.3 Å². The van der Waals surface area contributed by atoms with Gasteiger partial charge in [-0.05, 0) is 6.07 Å². The number of ether oxygens (including phenoxy) is 1. The number of nitrogens with one attached hydrogen (secondary N) is 2. The van der Waals surface area contributed by atoms with Crippen LogP contribution in [0.15, 0.2) is 29.6 Å². The highest BCUT2D eigenvalue weighted by molar-refractivity contribution is 7.14. The van der Waals surface area contributed by atoms with Gasteiger partial charge in [-0.25, -0.2) is 4.98 Å². The van der Waals surface area contributed by atoms with Crippen molar-refractivity contribution in [1.82, 2.24) is 10.3 Å². The molecule has 1 aliphatic heterocycles. The molecule has 2 N–H and O–H groups in total. The van der Waals surface area contributed by atoms with E-state index in [9.17, 15) is 9.59 Å². The van der Waals surface area contributed by atoms with Gasteiger partial charge in [-0.1, -0.05) is 18.2 Å². The molecule has 1 aromatic carbocycles. The van der Waals surface area contributed by atoms with Gasteiger partial charge >= 0.3 is 0 Å². The number of benzene rings is 1. The zero-order chi connectivity index (χ0) is 15.5. The molecular formula is C15H15N3O3S. The van der Waals surface area contributed by atoms with Crippen LogP contribution in [0.2, 0.25) is 0 Å². The van der Waals surface area contributed by atoms with Crippen LogP contribution in [0.1, 0.15) is 35.4 Å². The van der Waals surface area contributed by atoms with Crippen molar-refractivity contribution in [2.45, 2.75) is 19.4 Å². The minimum atomic E-state index is -0.255. The number of carbonyl (C=O) groups excluding carboxylic acids is 2. The largest absolute Gasteiger partial charge is 0.493 e. The molecule has 1 aromatic heterocycles. The minimum Gasteiger partial charge on any atom is -0.493 e. The van der Waals surface area contributed by atoms with Gasteiger partial charge in [0.1, 0.15) is 11.4 Å². The second kappa shape index (κ2) is 6.15. The van der Waals surface area contributed by atoms with Crippen LogP contribution in [0.25, 0.3) is 0 Å². The highest BCUT2D eigenvalue weighted by Gasteiger charge is 2.24. The first-order chi connectivity index (χ1) is 10.6. The standard InChI is InChI=1S/C15H15N3O3S/c1-9(19)16-15-18-12(8-22-15)14(20)17-11-6-7-21-13-5-3-2-4-10(11)13/h2-5,8,11H,6-7H2,1H3,(H,17,20)(H,16,18,19). The summed E-state index contributed by atoms with van der Waals surface area (Å²) < 4.78 is 5.58. The highest BCUT2D eigenvalue weighted by atomic mass is 32.1. The van der Waals surface area contributed by atoms with Crippen molar-refractivity contribution < 1.29 is 14.3 Å². The van der Waals surface area contributed by atoms with E-state index in [1.165, 1.54) is 18.3 Å². The van der Waals surface area contributed by atoms with Gasteiger partial charge in [0, 0.05) is 24.3 Å². The zero-order valence-corrected chi connectivity index (χ0v) is 12.8. The van der Waals surface area contributed by atoms with Crippen molar-refractivity contribution in [2.24, 2.45) is 0 Å². The molecule has 1 unspecified atom stereocenters. The number of hydrogen-bond acceptors (Lipinski definition) is 5.